The zero-order valence-electron chi connectivity index (χ0n) is 6.80. The summed E-state index contributed by atoms with van der Waals surface area (Å²) in [5.41, 5.74) is 1.78. The molecule has 0 unspecified atom stereocenters. The van der Waals surface area contributed by atoms with Crippen LogP contribution < -0.4 is 0 Å². The van der Waals surface area contributed by atoms with Crippen molar-refractivity contribution in [3.05, 3.63) is 41.0 Å². The molecule has 1 heterocycles. The van der Waals surface area contributed by atoms with Crippen LogP contribution in [0.5, 0.6) is 0 Å². The second kappa shape index (κ2) is 3.52. The number of rotatable bonds is 1. The van der Waals surface area contributed by atoms with Crippen LogP contribution in [0.2, 0.25) is 5.02 Å². The van der Waals surface area contributed by atoms with E-state index in [1.165, 1.54) is 0 Å². The van der Waals surface area contributed by atoms with Crippen molar-refractivity contribution >= 4 is 34.1 Å². The molecule has 2 rings (SSSR count). The lowest BCUT2D eigenvalue weighted by atomic mass is 10.2. The van der Waals surface area contributed by atoms with Gasteiger partial charge < -0.3 is 0 Å². The van der Waals surface area contributed by atoms with Crippen LogP contribution in [-0.4, -0.2) is 4.98 Å². The molecule has 0 aliphatic carbocycles. The van der Waals surface area contributed by atoms with E-state index in [2.05, 4.69) is 4.98 Å². The van der Waals surface area contributed by atoms with Crippen LogP contribution in [0.3, 0.4) is 0 Å². The van der Waals surface area contributed by atoms with Gasteiger partial charge in [0.05, 0.1) is 16.4 Å². The van der Waals surface area contributed by atoms with Gasteiger partial charge in [-0.15, -0.1) is 11.6 Å². The SMILES string of the molecule is ClCc1cnc2ccccc2c1Cl. The number of alkyl halides is 1. The van der Waals surface area contributed by atoms with Crippen LogP contribution in [0.15, 0.2) is 30.5 Å². The molecule has 0 amide bonds. The summed E-state index contributed by atoms with van der Waals surface area (Å²) >= 11 is 11.8. The van der Waals surface area contributed by atoms with E-state index in [9.17, 15) is 0 Å². The van der Waals surface area contributed by atoms with Gasteiger partial charge >= 0.3 is 0 Å². The van der Waals surface area contributed by atoms with Crippen molar-refractivity contribution in [2.75, 3.05) is 0 Å². The van der Waals surface area contributed by atoms with Crippen molar-refractivity contribution in [2.45, 2.75) is 5.88 Å². The highest BCUT2D eigenvalue weighted by Crippen LogP contribution is 2.26. The molecule has 0 saturated heterocycles. The number of nitrogens with zero attached hydrogens (tertiary/aromatic N) is 1. The summed E-state index contributed by atoms with van der Waals surface area (Å²) in [5, 5.41) is 1.67. The van der Waals surface area contributed by atoms with Crippen molar-refractivity contribution in [3.63, 3.8) is 0 Å². The maximum atomic E-state index is 6.12. The Labute approximate surface area is 86.3 Å². The summed E-state index contributed by atoms with van der Waals surface area (Å²) < 4.78 is 0. The zero-order valence-corrected chi connectivity index (χ0v) is 8.31. The second-order valence-electron chi connectivity index (χ2n) is 2.75. The van der Waals surface area contributed by atoms with Gasteiger partial charge in [0.2, 0.25) is 0 Å². The van der Waals surface area contributed by atoms with Crippen LogP contribution in [0, 0.1) is 0 Å². The monoisotopic (exact) mass is 211 g/mol. The summed E-state index contributed by atoms with van der Waals surface area (Å²) in [5.74, 6) is 0.399. The van der Waals surface area contributed by atoms with Gasteiger partial charge in [0, 0.05) is 17.1 Å². The van der Waals surface area contributed by atoms with Crippen molar-refractivity contribution in [1.82, 2.24) is 4.98 Å². The average molecular weight is 212 g/mol. The molecule has 13 heavy (non-hydrogen) atoms. The van der Waals surface area contributed by atoms with E-state index in [-0.39, 0.29) is 0 Å². The first kappa shape index (κ1) is 8.79. The normalized spacial score (nSPS) is 10.6. The number of hydrogen-bond donors (Lipinski definition) is 0. The summed E-state index contributed by atoms with van der Waals surface area (Å²) in [4.78, 5) is 4.24. The number of para-hydroxylation sites is 1. The van der Waals surface area contributed by atoms with E-state index in [1.54, 1.807) is 6.20 Å². The molecular weight excluding hydrogens is 205 g/mol. The molecule has 0 N–H and O–H groups in total. The van der Waals surface area contributed by atoms with Gasteiger partial charge in [0.15, 0.2) is 0 Å². The molecule has 3 heteroatoms. The molecule has 2 aromatic rings. The molecule has 1 aromatic carbocycles. The molecule has 0 aliphatic rings. The average Bonchev–Trinajstić information content (AvgIpc) is 2.19. The molecule has 0 bridgehead atoms. The molecule has 1 nitrogen and oxygen atoms in total. The minimum absolute atomic E-state index is 0.399. The van der Waals surface area contributed by atoms with Crippen LogP contribution in [0.25, 0.3) is 10.9 Å². The molecule has 0 saturated carbocycles. The number of pyridine rings is 1. The lowest BCUT2D eigenvalue weighted by molar-refractivity contribution is 1.30. The van der Waals surface area contributed by atoms with Gasteiger partial charge in [-0.3, -0.25) is 4.98 Å². The van der Waals surface area contributed by atoms with Crippen LogP contribution in [0.1, 0.15) is 5.56 Å². The summed E-state index contributed by atoms with van der Waals surface area (Å²) in [6.45, 7) is 0. The summed E-state index contributed by atoms with van der Waals surface area (Å²) in [7, 11) is 0. The molecule has 1 aromatic heterocycles. The standard InChI is InChI=1S/C10H7Cl2N/c11-5-7-6-13-9-4-2-1-3-8(9)10(7)12/h1-4,6H,5H2. The first-order chi connectivity index (χ1) is 6.33. The largest absolute Gasteiger partial charge is 0.256 e. The van der Waals surface area contributed by atoms with E-state index >= 15 is 0 Å². The van der Waals surface area contributed by atoms with E-state index in [4.69, 9.17) is 23.2 Å². The molecule has 0 radical (unpaired) electrons. The van der Waals surface area contributed by atoms with Gasteiger partial charge in [-0.2, -0.15) is 0 Å². The Hall–Kier alpha value is -0.790. The first-order valence-corrected chi connectivity index (χ1v) is 4.82. The highest BCUT2D eigenvalue weighted by atomic mass is 35.5. The number of benzene rings is 1. The third kappa shape index (κ3) is 1.50. The van der Waals surface area contributed by atoms with Crippen LogP contribution in [0.4, 0.5) is 0 Å². The second-order valence-corrected chi connectivity index (χ2v) is 3.39. The third-order valence-electron chi connectivity index (χ3n) is 1.93. The van der Waals surface area contributed by atoms with Crippen molar-refractivity contribution < 1.29 is 0 Å². The number of fused-ring (bicyclic) bond motifs is 1. The minimum atomic E-state index is 0.399. The predicted molar refractivity (Wildman–Crippen MR) is 56.3 cm³/mol. The molecular formula is C10H7Cl2N. The van der Waals surface area contributed by atoms with Gasteiger partial charge in [0.25, 0.3) is 0 Å². The third-order valence-corrected chi connectivity index (χ3v) is 2.66. The quantitative estimate of drug-likeness (QED) is 0.657. The maximum Gasteiger partial charge on any atom is 0.0717 e. The fraction of sp³-hybridized carbons (Fsp3) is 0.100. The Morgan fingerprint density at radius 1 is 1.23 bits per heavy atom. The van der Waals surface area contributed by atoms with E-state index in [0.29, 0.717) is 10.9 Å². The molecule has 0 spiro atoms. The Bertz CT molecular complexity index is 440. The fourth-order valence-corrected chi connectivity index (χ4v) is 1.79. The number of hydrogen-bond acceptors (Lipinski definition) is 1. The Balaban J connectivity index is 2.79. The van der Waals surface area contributed by atoms with Gasteiger partial charge in [-0.1, -0.05) is 29.8 Å². The highest BCUT2D eigenvalue weighted by molar-refractivity contribution is 6.36. The smallest absolute Gasteiger partial charge is 0.0717 e. The first-order valence-electron chi connectivity index (χ1n) is 3.91. The Kier molecular flexibility index (Phi) is 2.38. The summed E-state index contributed by atoms with van der Waals surface area (Å²) in [6, 6.07) is 7.75. The van der Waals surface area contributed by atoms with Gasteiger partial charge in [-0.05, 0) is 6.07 Å². The van der Waals surface area contributed by atoms with E-state index in [0.717, 1.165) is 16.5 Å². The van der Waals surface area contributed by atoms with Crippen LogP contribution in [-0.2, 0) is 5.88 Å². The highest BCUT2D eigenvalue weighted by Gasteiger charge is 2.04. The van der Waals surface area contributed by atoms with Crippen molar-refractivity contribution in [3.8, 4) is 0 Å². The fourth-order valence-electron chi connectivity index (χ4n) is 1.24. The van der Waals surface area contributed by atoms with Gasteiger partial charge in [0.1, 0.15) is 0 Å². The lowest BCUT2D eigenvalue weighted by Gasteiger charge is -2.02. The molecule has 0 fully saturated rings. The lowest BCUT2D eigenvalue weighted by Crippen LogP contribution is -1.85. The summed E-state index contributed by atoms with van der Waals surface area (Å²) in [6.07, 6.45) is 1.72. The number of halogens is 2. The Morgan fingerprint density at radius 2 is 2.00 bits per heavy atom. The van der Waals surface area contributed by atoms with Crippen molar-refractivity contribution in [1.29, 1.82) is 0 Å². The zero-order chi connectivity index (χ0) is 9.26. The van der Waals surface area contributed by atoms with E-state index < -0.39 is 0 Å². The minimum Gasteiger partial charge on any atom is -0.256 e. The van der Waals surface area contributed by atoms with E-state index in [1.807, 2.05) is 24.3 Å². The molecule has 66 valence electrons. The Morgan fingerprint density at radius 3 is 2.77 bits per heavy atom. The maximum absolute atomic E-state index is 6.12. The van der Waals surface area contributed by atoms with Crippen LogP contribution >= 0.6 is 23.2 Å². The predicted octanol–water partition coefficient (Wildman–Crippen LogP) is 3.63. The topological polar surface area (TPSA) is 12.9 Å². The molecule has 0 aliphatic heterocycles. The molecule has 0 atom stereocenters. The van der Waals surface area contributed by atoms with Gasteiger partial charge in [-0.25, -0.2) is 0 Å². The number of aromatic nitrogens is 1. The van der Waals surface area contributed by atoms with Crippen molar-refractivity contribution in [2.24, 2.45) is 0 Å².